The molecule has 0 spiro atoms. The van der Waals surface area contributed by atoms with Crippen molar-refractivity contribution in [3.05, 3.63) is 11.6 Å². The Labute approximate surface area is 386 Å². The Bertz CT molecular complexity index is 1860. The Morgan fingerprint density at radius 1 is 0.712 bits per heavy atom. The largest absolute Gasteiger partial charge is 0.432 e. The van der Waals surface area contributed by atoms with Crippen molar-refractivity contribution in [1.82, 2.24) is 0 Å². The zero-order chi connectivity index (χ0) is 48.4. The number of rotatable bonds is 8. The number of ether oxygens (including phenoxy) is 6. The highest BCUT2D eigenvalue weighted by Crippen LogP contribution is 2.75. The maximum atomic E-state index is 14.9. The number of aliphatic hydroxyl groups is 10. The van der Waals surface area contributed by atoms with Gasteiger partial charge in [-0.2, -0.15) is 0 Å². The van der Waals surface area contributed by atoms with E-state index in [0.29, 0.717) is 31.1 Å². The van der Waals surface area contributed by atoms with Gasteiger partial charge in [0.1, 0.15) is 72.9 Å². The smallest absolute Gasteiger partial charge is 0.315 e. The molecule has 8 aliphatic rings. The van der Waals surface area contributed by atoms with Gasteiger partial charge in [-0.1, -0.05) is 60.1 Å². The lowest BCUT2D eigenvalue weighted by Gasteiger charge is -2.71. The number of carbonyl (C=O) groups excluding carboxylic acids is 2. The van der Waals surface area contributed by atoms with Gasteiger partial charge in [0.2, 0.25) is 6.29 Å². The summed E-state index contributed by atoms with van der Waals surface area (Å²) in [7, 11) is 0. The predicted octanol–water partition coefficient (Wildman–Crippen LogP) is 0.347. The van der Waals surface area contributed by atoms with E-state index in [2.05, 4.69) is 40.7 Å². The van der Waals surface area contributed by atoms with Crippen molar-refractivity contribution in [2.45, 2.75) is 211 Å². The van der Waals surface area contributed by atoms with Crippen LogP contribution in [0.5, 0.6) is 0 Å². The van der Waals surface area contributed by atoms with Gasteiger partial charge < -0.3 is 79.5 Å². The van der Waals surface area contributed by atoms with E-state index in [0.717, 1.165) is 37.7 Å². The summed E-state index contributed by atoms with van der Waals surface area (Å²) in [4.78, 5) is 28.9. The summed E-state index contributed by atoms with van der Waals surface area (Å²) in [5.41, 5.74) is -1.55. The van der Waals surface area contributed by atoms with Crippen molar-refractivity contribution in [2.75, 3.05) is 13.2 Å². The molecule has 5 aliphatic carbocycles. The standard InChI is InChI=1S/C48H76O18/c1-21-30(52)32(54)35(57)40(62-21)65-38-24(19-49)63-39(37(59)34(38)56)61-20-25-31(53)33(55)36(58)41(64-25)66-42(60)48-16-15-46(7)22(23(48)17-43(2,3)29(51)18-48)9-10-27-45(6)13-12-28(50)44(4,5)26(45)11-14-47(27,46)8/h9,21,23-28,30-41,49-50,52-59H,10-20H2,1-8H3. The summed E-state index contributed by atoms with van der Waals surface area (Å²) in [6.45, 7) is 15.4. The molecule has 18 heteroatoms. The van der Waals surface area contributed by atoms with Gasteiger partial charge in [-0.15, -0.1) is 0 Å². The number of aliphatic hydroxyl groups excluding tert-OH is 10. The van der Waals surface area contributed by atoms with E-state index in [-0.39, 0.29) is 45.9 Å². The van der Waals surface area contributed by atoms with E-state index in [1.807, 2.05) is 13.8 Å². The van der Waals surface area contributed by atoms with Crippen molar-refractivity contribution >= 4 is 11.8 Å². The SMILES string of the molecule is CC1OC(OC2C(CO)OC(OCC3OC(OC(=O)C45CCC6(C)C(=CCC7C8(C)CCC(O)C(C)(C)C8CCC76C)C4CC(C)(C)C(=O)C5)C(O)C(O)C3O)C(O)C2O)C(O)C(O)C1O. The first-order valence-corrected chi connectivity index (χ1v) is 24.1. The monoisotopic (exact) mass is 941 g/mol. The number of allylic oxidation sites excluding steroid dienone is 2. The van der Waals surface area contributed by atoms with E-state index in [1.54, 1.807) is 0 Å². The highest BCUT2D eigenvalue weighted by Gasteiger charge is 2.70. The van der Waals surface area contributed by atoms with Crippen molar-refractivity contribution in [1.29, 1.82) is 0 Å². The van der Waals surface area contributed by atoms with E-state index < -0.39 is 122 Å². The number of Topliss-reactive ketones (excluding diaryl/α,β-unsaturated/α-hetero) is 1. The maximum absolute atomic E-state index is 14.9. The van der Waals surface area contributed by atoms with Crippen LogP contribution in [0, 0.1) is 50.2 Å². The van der Waals surface area contributed by atoms with Crippen LogP contribution in [0.4, 0.5) is 0 Å². The summed E-state index contributed by atoms with van der Waals surface area (Å²) in [5, 5.41) is 107. The number of esters is 1. The van der Waals surface area contributed by atoms with Crippen LogP contribution in [0.3, 0.4) is 0 Å². The Morgan fingerprint density at radius 3 is 2.03 bits per heavy atom. The fraction of sp³-hybridized carbons (Fsp3) is 0.917. The normalized spacial score (nSPS) is 53.3. The van der Waals surface area contributed by atoms with Crippen molar-refractivity contribution in [3.63, 3.8) is 0 Å². The first-order valence-electron chi connectivity index (χ1n) is 24.1. The van der Waals surface area contributed by atoms with Crippen LogP contribution in [0.15, 0.2) is 11.6 Å². The second-order valence-electron chi connectivity index (χ2n) is 23.3. The molecule has 0 aromatic heterocycles. The third-order valence-electron chi connectivity index (χ3n) is 19.2. The molecule has 3 saturated heterocycles. The summed E-state index contributed by atoms with van der Waals surface area (Å²) in [6.07, 6.45) is -17.0. The van der Waals surface area contributed by atoms with E-state index >= 15 is 0 Å². The zero-order valence-electron chi connectivity index (χ0n) is 39.6. The molecule has 23 unspecified atom stereocenters. The molecule has 0 aromatic carbocycles. The van der Waals surface area contributed by atoms with Gasteiger partial charge in [0.25, 0.3) is 0 Å². The van der Waals surface area contributed by atoms with Gasteiger partial charge in [0, 0.05) is 11.8 Å². The van der Waals surface area contributed by atoms with Crippen LogP contribution >= 0.6 is 0 Å². The average Bonchev–Trinajstić information content (AvgIpc) is 3.26. The lowest BCUT2D eigenvalue weighted by molar-refractivity contribution is -0.361. The molecule has 3 aliphatic heterocycles. The minimum Gasteiger partial charge on any atom is -0.432 e. The Morgan fingerprint density at radius 2 is 1.35 bits per heavy atom. The van der Waals surface area contributed by atoms with Gasteiger partial charge in [0.15, 0.2) is 12.6 Å². The topological polar surface area (TPSA) is 292 Å². The summed E-state index contributed by atoms with van der Waals surface area (Å²) in [5.74, 6) is -0.528. The number of carbonyl (C=O) groups is 2. The number of hydrogen-bond donors (Lipinski definition) is 10. The van der Waals surface area contributed by atoms with E-state index in [9.17, 15) is 60.7 Å². The van der Waals surface area contributed by atoms with Crippen molar-refractivity contribution < 1.29 is 89.1 Å². The molecule has 4 saturated carbocycles. The minimum absolute atomic E-state index is 0.000796. The molecule has 23 atom stereocenters. The van der Waals surface area contributed by atoms with Gasteiger partial charge in [-0.25, -0.2) is 0 Å². The van der Waals surface area contributed by atoms with Crippen molar-refractivity contribution in [3.8, 4) is 0 Å². The first kappa shape index (κ1) is 50.7. The molecule has 10 N–H and O–H groups in total. The van der Waals surface area contributed by atoms with Crippen LogP contribution in [0.1, 0.15) is 113 Å². The van der Waals surface area contributed by atoms with Gasteiger partial charge in [-0.05, 0) is 97.7 Å². The molecule has 0 amide bonds. The van der Waals surface area contributed by atoms with Crippen molar-refractivity contribution in [2.24, 2.45) is 50.2 Å². The third kappa shape index (κ3) is 7.70. The number of hydrogen-bond acceptors (Lipinski definition) is 18. The fourth-order valence-corrected chi connectivity index (χ4v) is 14.6. The molecule has 8 rings (SSSR count). The molecule has 0 aromatic rings. The molecule has 0 radical (unpaired) electrons. The average molecular weight is 941 g/mol. The first-order chi connectivity index (χ1) is 30.7. The van der Waals surface area contributed by atoms with E-state index in [1.165, 1.54) is 6.92 Å². The maximum Gasteiger partial charge on any atom is 0.315 e. The second kappa shape index (κ2) is 17.5. The third-order valence-corrected chi connectivity index (χ3v) is 19.2. The van der Waals surface area contributed by atoms with Crippen LogP contribution in [-0.2, 0) is 38.0 Å². The molecular weight excluding hydrogens is 865 g/mol. The summed E-state index contributed by atoms with van der Waals surface area (Å²) < 4.78 is 34.5. The molecule has 376 valence electrons. The predicted molar refractivity (Wildman–Crippen MR) is 229 cm³/mol. The molecule has 18 nitrogen and oxygen atoms in total. The summed E-state index contributed by atoms with van der Waals surface area (Å²) >= 11 is 0. The molecule has 3 heterocycles. The Hall–Kier alpha value is -1.72. The van der Waals surface area contributed by atoms with Crippen LogP contribution in [-0.4, -0.2) is 174 Å². The highest BCUT2D eigenvalue weighted by atomic mass is 16.8. The Balaban J connectivity index is 0.987. The lowest BCUT2D eigenvalue weighted by atomic mass is 9.33. The van der Waals surface area contributed by atoms with Gasteiger partial charge in [0.05, 0.1) is 30.8 Å². The Kier molecular flexibility index (Phi) is 13.5. The van der Waals surface area contributed by atoms with Crippen LogP contribution in [0.2, 0.25) is 0 Å². The minimum atomic E-state index is -1.91. The number of ketones is 1. The second-order valence-corrected chi connectivity index (χ2v) is 23.3. The van der Waals surface area contributed by atoms with Gasteiger partial charge in [-0.3, -0.25) is 9.59 Å². The van der Waals surface area contributed by atoms with Gasteiger partial charge >= 0.3 is 5.97 Å². The van der Waals surface area contributed by atoms with E-state index in [4.69, 9.17) is 28.4 Å². The molecular formula is C48H76O18. The van der Waals surface area contributed by atoms with Crippen LogP contribution < -0.4 is 0 Å². The molecule has 7 fully saturated rings. The molecule has 66 heavy (non-hydrogen) atoms. The fourth-order valence-electron chi connectivity index (χ4n) is 14.6. The summed E-state index contributed by atoms with van der Waals surface area (Å²) in [6, 6.07) is 0. The quantitative estimate of drug-likeness (QED) is 0.116. The lowest BCUT2D eigenvalue weighted by Crippen LogP contribution is -2.66. The van der Waals surface area contributed by atoms with Crippen LogP contribution in [0.25, 0.3) is 0 Å². The molecule has 0 bridgehead atoms. The highest BCUT2D eigenvalue weighted by molar-refractivity contribution is 5.92. The number of fused-ring (bicyclic) bond motifs is 7. The zero-order valence-corrected chi connectivity index (χ0v) is 39.6.